The van der Waals surface area contributed by atoms with Crippen LogP contribution < -0.4 is 5.32 Å². The van der Waals surface area contributed by atoms with E-state index in [2.05, 4.69) is 10.3 Å². The molecule has 0 saturated heterocycles. The number of hydrogen-bond acceptors (Lipinski definition) is 4. The molecule has 1 rings (SSSR count). The van der Waals surface area contributed by atoms with Gasteiger partial charge in [0.25, 0.3) is 0 Å². The maximum absolute atomic E-state index is 11.5. The van der Waals surface area contributed by atoms with E-state index in [9.17, 15) is 9.59 Å². The van der Waals surface area contributed by atoms with Gasteiger partial charge in [-0.3, -0.25) is 15.1 Å². The van der Waals surface area contributed by atoms with E-state index in [4.69, 9.17) is 4.74 Å². The molecule has 0 atom stereocenters. The van der Waals surface area contributed by atoms with Gasteiger partial charge in [-0.2, -0.15) is 0 Å². The van der Waals surface area contributed by atoms with Gasteiger partial charge >= 0.3 is 6.09 Å². The number of ketones is 1. The molecule has 0 fully saturated rings. The number of amides is 1. The topological polar surface area (TPSA) is 68.3 Å². The Kier molecular flexibility index (Phi) is 4.42. The van der Waals surface area contributed by atoms with Crippen LogP contribution in [0.5, 0.6) is 0 Å². The third-order valence-corrected chi connectivity index (χ3v) is 2.02. The third kappa shape index (κ3) is 4.53. The van der Waals surface area contributed by atoms with Crippen molar-refractivity contribution in [2.24, 2.45) is 0 Å². The molecule has 0 saturated carbocycles. The van der Waals surface area contributed by atoms with Crippen LogP contribution in [0.4, 0.5) is 10.5 Å². The first-order valence-electron chi connectivity index (χ1n) is 5.81. The van der Waals surface area contributed by atoms with Crippen molar-refractivity contribution < 1.29 is 14.3 Å². The van der Waals surface area contributed by atoms with Crippen LogP contribution >= 0.6 is 0 Å². The summed E-state index contributed by atoms with van der Waals surface area (Å²) in [7, 11) is 0. The first-order chi connectivity index (χ1) is 8.31. The molecule has 0 aliphatic rings. The lowest BCUT2D eigenvalue weighted by Crippen LogP contribution is -2.27. The summed E-state index contributed by atoms with van der Waals surface area (Å²) in [6, 6.07) is 3.21. The average molecular weight is 250 g/mol. The van der Waals surface area contributed by atoms with Gasteiger partial charge in [0.05, 0.1) is 11.9 Å². The van der Waals surface area contributed by atoms with Crippen LogP contribution in [-0.4, -0.2) is 22.5 Å². The number of nitrogens with one attached hydrogen (secondary N) is 1. The summed E-state index contributed by atoms with van der Waals surface area (Å²) < 4.78 is 5.10. The van der Waals surface area contributed by atoms with Crippen molar-refractivity contribution in [1.29, 1.82) is 0 Å². The van der Waals surface area contributed by atoms with Gasteiger partial charge in [-0.1, -0.05) is 6.92 Å². The lowest BCUT2D eigenvalue weighted by atomic mass is 10.2. The van der Waals surface area contributed by atoms with E-state index in [0.29, 0.717) is 17.8 Å². The van der Waals surface area contributed by atoms with Crippen LogP contribution in [0.3, 0.4) is 0 Å². The zero-order valence-electron chi connectivity index (χ0n) is 11.1. The van der Waals surface area contributed by atoms with Crippen molar-refractivity contribution in [3.63, 3.8) is 0 Å². The van der Waals surface area contributed by atoms with Crippen molar-refractivity contribution in [3.8, 4) is 0 Å². The number of anilines is 1. The molecule has 5 heteroatoms. The van der Waals surface area contributed by atoms with E-state index in [0.717, 1.165) is 0 Å². The number of pyridine rings is 1. The fourth-order valence-electron chi connectivity index (χ4n) is 1.24. The zero-order valence-corrected chi connectivity index (χ0v) is 11.1. The molecule has 0 aromatic carbocycles. The van der Waals surface area contributed by atoms with Crippen molar-refractivity contribution in [2.45, 2.75) is 39.7 Å². The Balaban J connectivity index is 2.64. The standard InChI is InChI=1S/C13H18N2O3/c1-5-11(16)10-7-6-9(8-14-10)15-12(17)18-13(2,3)4/h6-8H,5H2,1-4H3,(H,15,17). The Labute approximate surface area is 107 Å². The second-order valence-corrected chi connectivity index (χ2v) is 4.84. The van der Waals surface area contributed by atoms with E-state index in [1.807, 2.05) is 0 Å². The van der Waals surface area contributed by atoms with E-state index in [1.54, 1.807) is 39.8 Å². The zero-order chi connectivity index (χ0) is 13.8. The molecule has 1 amide bonds. The van der Waals surface area contributed by atoms with Crippen molar-refractivity contribution in [2.75, 3.05) is 5.32 Å². The normalized spacial score (nSPS) is 10.9. The second kappa shape index (κ2) is 5.62. The van der Waals surface area contributed by atoms with Gasteiger partial charge in [0.2, 0.25) is 0 Å². The summed E-state index contributed by atoms with van der Waals surface area (Å²) in [4.78, 5) is 26.8. The van der Waals surface area contributed by atoms with Gasteiger partial charge < -0.3 is 4.74 Å². The number of hydrogen-bond donors (Lipinski definition) is 1. The monoisotopic (exact) mass is 250 g/mol. The molecule has 0 aliphatic carbocycles. The molecular formula is C13H18N2O3. The van der Waals surface area contributed by atoms with E-state index < -0.39 is 11.7 Å². The predicted molar refractivity (Wildman–Crippen MR) is 68.7 cm³/mol. The van der Waals surface area contributed by atoms with Gasteiger partial charge in [0.15, 0.2) is 5.78 Å². The van der Waals surface area contributed by atoms with Gasteiger partial charge in [0.1, 0.15) is 11.3 Å². The Bertz CT molecular complexity index is 433. The molecule has 1 heterocycles. The van der Waals surface area contributed by atoms with Gasteiger partial charge in [-0.05, 0) is 32.9 Å². The molecule has 18 heavy (non-hydrogen) atoms. The highest BCUT2D eigenvalue weighted by Gasteiger charge is 2.16. The van der Waals surface area contributed by atoms with Crippen LogP contribution in [0.1, 0.15) is 44.6 Å². The predicted octanol–water partition coefficient (Wildman–Crippen LogP) is 3.02. The number of aromatic nitrogens is 1. The Hall–Kier alpha value is -1.91. The number of carbonyl (C=O) groups is 2. The minimum absolute atomic E-state index is 0.0289. The minimum atomic E-state index is -0.546. The highest BCUT2D eigenvalue weighted by Crippen LogP contribution is 2.11. The van der Waals surface area contributed by atoms with Gasteiger partial charge in [0, 0.05) is 6.42 Å². The van der Waals surface area contributed by atoms with E-state index in [1.165, 1.54) is 6.20 Å². The van der Waals surface area contributed by atoms with E-state index in [-0.39, 0.29) is 5.78 Å². The number of carbonyl (C=O) groups excluding carboxylic acids is 2. The number of ether oxygens (including phenoxy) is 1. The maximum Gasteiger partial charge on any atom is 0.412 e. The molecule has 1 aromatic rings. The maximum atomic E-state index is 11.5. The summed E-state index contributed by atoms with van der Waals surface area (Å²) in [5.74, 6) is -0.0289. The van der Waals surface area contributed by atoms with Crippen molar-refractivity contribution in [1.82, 2.24) is 4.98 Å². The number of rotatable bonds is 3. The Morgan fingerprint density at radius 3 is 2.44 bits per heavy atom. The molecule has 98 valence electrons. The number of nitrogens with zero attached hydrogens (tertiary/aromatic N) is 1. The SMILES string of the molecule is CCC(=O)c1ccc(NC(=O)OC(C)(C)C)cn1. The second-order valence-electron chi connectivity index (χ2n) is 4.84. The molecular weight excluding hydrogens is 232 g/mol. The summed E-state index contributed by atoms with van der Waals surface area (Å²) in [5.41, 5.74) is 0.347. The largest absolute Gasteiger partial charge is 0.444 e. The quantitative estimate of drug-likeness (QED) is 0.837. The summed E-state index contributed by atoms with van der Waals surface area (Å²) >= 11 is 0. The lowest BCUT2D eigenvalue weighted by molar-refractivity contribution is 0.0635. The van der Waals surface area contributed by atoms with Crippen molar-refractivity contribution in [3.05, 3.63) is 24.0 Å². The molecule has 5 nitrogen and oxygen atoms in total. The fraction of sp³-hybridized carbons (Fsp3) is 0.462. The van der Waals surface area contributed by atoms with Gasteiger partial charge in [-0.25, -0.2) is 4.79 Å². The van der Waals surface area contributed by atoms with Crippen LogP contribution in [-0.2, 0) is 4.74 Å². The summed E-state index contributed by atoms with van der Waals surface area (Å²) in [6.07, 6.45) is 1.30. The van der Waals surface area contributed by atoms with E-state index >= 15 is 0 Å². The molecule has 0 spiro atoms. The van der Waals surface area contributed by atoms with Crippen LogP contribution in [0.2, 0.25) is 0 Å². The van der Waals surface area contributed by atoms with Gasteiger partial charge in [-0.15, -0.1) is 0 Å². The first-order valence-corrected chi connectivity index (χ1v) is 5.81. The van der Waals surface area contributed by atoms with Crippen molar-refractivity contribution >= 4 is 17.6 Å². The summed E-state index contributed by atoms with van der Waals surface area (Å²) in [6.45, 7) is 7.13. The molecule has 0 unspecified atom stereocenters. The highest BCUT2D eigenvalue weighted by atomic mass is 16.6. The molecule has 0 aliphatic heterocycles. The molecule has 0 bridgehead atoms. The Morgan fingerprint density at radius 1 is 1.33 bits per heavy atom. The smallest absolute Gasteiger partial charge is 0.412 e. The minimum Gasteiger partial charge on any atom is -0.444 e. The van der Waals surface area contributed by atoms with Crippen LogP contribution in [0.15, 0.2) is 18.3 Å². The van der Waals surface area contributed by atoms with Crippen LogP contribution in [0, 0.1) is 0 Å². The number of Topliss-reactive ketones (excluding diaryl/α,β-unsaturated/α-hetero) is 1. The fourth-order valence-corrected chi connectivity index (χ4v) is 1.24. The summed E-state index contributed by atoms with van der Waals surface area (Å²) in [5, 5.41) is 2.55. The van der Waals surface area contributed by atoms with Crippen LogP contribution in [0.25, 0.3) is 0 Å². The molecule has 1 aromatic heterocycles. The lowest BCUT2D eigenvalue weighted by Gasteiger charge is -2.19. The molecule has 1 N–H and O–H groups in total. The molecule has 0 radical (unpaired) electrons. The average Bonchev–Trinajstić information content (AvgIpc) is 2.26. The highest BCUT2D eigenvalue weighted by molar-refractivity contribution is 5.94. The Morgan fingerprint density at radius 2 is 2.00 bits per heavy atom. The third-order valence-electron chi connectivity index (χ3n) is 2.02. The first kappa shape index (κ1) is 14.2.